The second-order valence-corrected chi connectivity index (χ2v) is 6.58. The van der Waals surface area contributed by atoms with Crippen LogP contribution >= 0.6 is 11.8 Å². The zero-order chi connectivity index (χ0) is 15.2. The summed E-state index contributed by atoms with van der Waals surface area (Å²) in [6, 6.07) is 8.72. The molecule has 1 aliphatic rings. The number of hydrogen-bond donors (Lipinski definition) is 2. The van der Waals surface area contributed by atoms with Crippen molar-refractivity contribution in [1.82, 2.24) is 4.90 Å². The molecule has 1 aromatic carbocycles. The first-order valence-corrected chi connectivity index (χ1v) is 8.71. The van der Waals surface area contributed by atoms with Crippen LogP contribution < -0.4 is 11.1 Å². The molecular weight excluding hydrogens is 282 g/mol. The summed E-state index contributed by atoms with van der Waals surface area (Å²) in [5, 5.41) is 3.01. The Bertz CT molecular complexity index is 472. The number of carbonyl (C=O) groups excluding carboxylic acids is 1. The number of carbonyl (C=O) groups is 1. The first kappa shape index (κ1) is 16.3. The quantitative estimate of drug-likeness (QED) is 0.821. The third kappa shape index (κ3) is 4.73. The number of hydrogen-bond acceptors (Lipinski definition) is 4. The second kappa shape index (κ2) is 7.82. The molecule has 0 bridgehead atoms. The third-order valence-electron chi connectivity index (χ3n) is 4.14. The maximum Gasteiger partial charge on any atom is 0.238 e. The molecule has 1 fully saturated rings. The van der Waals surface area contributed by atoms with Crippen molar-refractivity contribution >= 4 is 23.4 Å². The van der Waals surface area contributed by atoms with E-state index < -0.39 is 0 Å². The van der Waals surface area contributed by atoms with Crippen molar-refractivity contribution in [3.05, 3.63) is 24.3 Å². The Morgan fingerprint density at radius 2 is 2.00 bits per heavy atom. The van der Waals surface area contributed by atoms with Gasteiger partial charge in [0.05, 0.1) is 12.2 Å². The fourth-order valence-corrected chi connectivity index (χ4v) is 3.39. The summed E-state index contributed by atoms with van der Waals surface area (Å²) in [4.78, 5) is 15.5. The van der Waals surface area contributed by atoms with Crippen molar-refractivity contribution in [2.45, 2.75) is 42.7 Å². The van der Waals surface area contributed by atoms with Gasteiger partial charge in [0.15, 0.2) is 0 Å². The van der Waals surface area contributed by atoms with Crippen molar-refractivity contribution in [2.24, 2.45) is 5.73 Å². The fourth-order valence-electron chi connectivity index (χ4n) is 2.84. The summed E-state index contributed by atoms with van der Waals surface area (Å²) in [5.74, 6) is 0.0499. The maximum atomic E-state index is 12.2. The van der Waals surface area contributed by atoms with Gasteiger partial charge < -0.3 is 11.1 Å². The summed E-state index contributed by atoms with van der Waals surface area (Å²) in [6.07, 6.45) is 6.32. The van der Waals surface area contributed by atoms with Crippen LogP contribution in [0.25, 0.3) is 0 Å². The fraction of sp³-hybridized carbons (Fsp3) is 0.562. The monoisotopic (exact) mass is 307 g/mol. The summed E-state index contributed by atoms with van der Waals surface area (Å²) in [7, 11) is 2.03. The van der Waals surface area contributed by atoms with Gasteiger partial charge in [0.25, 0.3) is 0 Å². The number of likely N-dealkylation sites (N-methyl/N-ethyl adjacent to an activating group) is 1. The molecule has 1 aliphatic carbocycles. The Kier molecular flexibility index (Phi) is 6.08. The summed E-state index contributed by atoms with van der Waals surface area (Å²) < 4.78 is 0. The average molecular weight is 307 g/mol. The molecule has 1 amide bonds. The predicted molar refractivity (Wildman–Crippen MR) is 89.7 cm³/mol. The highest BCUT2D eigenvalue weighted by atomic mass is 32.2. The molecule has 1 aromatic rings. The Hall–Kier alpha value is -1.04. The third-order valence-corrected chi connectivity index (χ3v) is 4.93. The van der Waals surface area contributed by atoms with Crippen LogP contribution in [0.2, 0.25) is 0 Å². The smallest absolute Gasteiger partial charge is 0.238 e. The van der Waals surface area contributed by atoms with E-state index in [0.29, 0.717) is 18.6 Å². The van der Waals surface area contributed by atoms with E-state index in [2.05, 4.69) is 10.2 Å². The van der Waals surface area contributed by atoms with Crippen molar-refractivity contribution in [3.8, 4) is 0 Å². The van der Waals surface area contributed by atoms with Gasteiger partial charge in [-0.05, 0) is 51.1 Å². The van der Waals surface area contributed by atoms with E-state index >= 15 is 0 Å². The van der Waals surface area contributed by atoms with Crippen LogP contribution in [0.4, 0.5) is 5.69 Å². The average Bonchev–Trinajstić information content (AvgIpc) is 2.48. The van der Waals surface area contributed by atoms with Crippen molar-refractivity contribution in [3.63, 3.8) is 0 Å². The van der Waals surface area contributed by atoms with Crippen LogP contribution in [0.1, 0.15) is 25.7 Å². The minimum atomic E-state index is 0.0499. The predicted octanol–water partition coefficient (Wildman–Crippen LogP) is 2.55. The van der Waals surface area contributed by atoms with Gasteiger partial charge in [-0.1, -0.05) is 12.1 Å². The Morgan fingerprint density at radius 1 is 1.33 bits per heavy atom. The number of rotatable bonds is 5. The van der Waals surface area contributed by atoms with Gasteiger partial charge in [-0.2, -0.15) is 0 Å². The second-order valence-electron chi connectivity index (χ2n) is 5.73. The molecule has 0 radical (unpaired) electrons. The Morgan fingerprint density at radius 3 is 2.67 bits per heavy atom. The lowest BCUT2D eigenvalue weighted by molar-refractivity contribution is -0.117. The maximum absolute atomic E-state index is 12.2. The molecule has 116 valence electrons. The number of nitrogens with one attached hydrogen (secondary N) is 1. The molecule has 0 spiro atoms. The van der Waals surface area contributed by atoms with Gasteiger partial charge in [0.2, 0.25) is 5.91 Å². The van der Waals surface area contributed by atoms with E-state index in [4.69, 9.17) is 5.73 Å². The molecule has 0 unspecified atom stereocenters. The number of para-hydroxylation sites is 1. The molecule has 2 rings (SSSR count). The van der Waals surface area contributed by atoms with Crippen molar-refractivity contribution in [1.29, 1.82) is 0 Å². The molecule has 21 heavy (non-hydrogen) atoms. The van der Waals surface area contributed by atoms with Crippen molar-refractivity contribution < 1.29 is 4.79 Å². The molecule has 0 aliphatic heterocycles. The van der Waals surface area contributed by atoms with Crippen LogP contribution in [0, 0.1) is 0 Å². The number of amides is 1. The molecule has 0 atom stereocenters. The highest BCUT2D eigenvalue weighted by Crippen LogP contribution is 2.25. The minimum Gasteiger partial charge on any atom is -0.328 e. The van der Waals surface area contributed by atoms with Crippen LogP contribution in [0.5, 0.6) is 0 Å². The van der Waals surface area contributed by atoms with Crippen LogP contribution in [-0.2, 0) is 4.79 Å². The van der Waals surface area contributed by atoms with Crippen LogP contribution in [0.15, 0.2) is 29.2 Å². The zero-order valence-corrected chi connectivity index (χ0v) is 13.7. The largest absolute Gasteiger partial charge is 0.328 e. The van der Waals surface area contributed by atoms with Crippen LogP contribution in [0.3, 0.4) is 0 Å². The number of nitrogens with zero attached hydrogens (tertiary/aromatic N) is 1. The van der Waals surface area contributed by atoms with E-state index in [1.807, 2.05) is 37.6 Å². The normalized spacial score (nSPS) is 22.3. The van der Waals surface area contributed by atoms with Crippen LogP contribution in [-0.4, -0.2) is 42.7 Å². The number of thioether (sulfide) groups is 1. The van der Waals surface area contributed by atoms with Gasteiger partial charge in [0.1, 0.15) is 0 Å². The first-order valence-electron chi connectivity index (χ1n) is 7.49. The molecule has 4 nitrogen and oxygen atoms in total. The molecular formula is C16H25N3OS. The molecule has 0 heterocycles. The first-order chi connectivity index (χ1) is 10.1. The standard InChI is InChI=1S/C16H25N3OS/c1-19(13-9-7-12(17)8-10-13)11-16(20)18-14-5-3-4-6-15(14)21-2/h3-6,12-13H,7-11,17H2,1-2H3,(H,18,20). The molecule has 0 aromatic heterocycles. The van der Waals surface area contributed by atoms with Gasteiger partial charge in [0, 0.05) is 17.0 Å². The van der Waals surface area contributed by atoms with E-state index in [1.54, 1.807) is 11.8 Å². The lowest BCUT2D eigenvalue weighted by Gasteiger charge is -2.33. The molecule has 5 heteroatoms. The minimum absolute atomic E-state index is 0.0499. The van der Waals surface area contributed by atoms with Gasteiger partial charge in [-0.25, -0.2) is 0 Å². The lowest BCUT2D eigenvalue weighted by Crippen LogP contribution is -2.42. The van der Waals surface area contributed by atoms with Gasteiger partial charge >= 0.3 is 0 Å². The molecule has 1 saturated carbocycles. The molecule has 0 saturated heterocycles. The Labute approximate surface area is 131 Å². The Balaban J connectivity index is 1.86. The number of nitrogens with two attached hydrogens (primary N) is 1. The molecule has 3 N–H and O–H groups in total. The van der Waals surface area contributed by atoms with Crippen molar-refractivity contribution in [2.75, 3.05) is 25.2 Å². The van der Waals surface area contributed by atoms with E-state index in [-0.39, 0.29) is 5.91 Å². The highest BCUT2D eigenvalue weighted by Gasteiger charge is 2.23. The van der Waals surface area contributed by atoms with E-state index in [0.717, 1.165) is 36.3 Å². The van der Waals surface area contributed by atoms with E-state index in [1.165, 1.54) is 0 Å². The van der Waals surface area contributed by atoms with Gasteiger partial charge in [-0.15, -0.1) is 11.8 Å². The lowest BCUT2D eigenvalue weighted by atomic mass is 9.91. The highest BCUT2D eigenvalue weighted by molar-refractivity contribution is 7.98. The number of anilines is 1. The summed E-state index contributed by atoms with van der Waals surface area (Å²) >= 11 is 1.64. The summed E-state index contributed by atoms with van der Waals surface area (Å²) in [6.45, 7) is 0.433. The van der Waals surface area contributed by atoms with E-state index in [9.17, 15) is 4.79 Å². The summed E-state index contributed by atoms with van der Waals surface area (Å²) in [5.41, 5.74) is 6.83. The van der Waals surface area contributed by atoms with Gasteiger partial charge in [-0.3, -0.25) is 9.69 Å². The zero-order valence-electron chi connectivity index (χ0n) is 12.8. The topological polar surface area (TPSA) is 58.4 Å². The SMILES string of the molecule is CSc1ccccc1NC(=O)CN(C)C1CCC(N)CC1. The number of benzene rings is 1.